The number of hydrogen-bond donors (Lipinski definition) is 1. The van der Waals surface area contributed by atoms with Gasteiger partial charge in [0, 0.05) is 0 Å². The minimum absolute atomic E-state index is 0.138. The van der Waals surface area contributed by atoms with Gasteiger partial charge < -0.3 is 5.11 Å². The third-order valence-corrected chi connectivity index (χ3v) is 1.46. The maximum atomic E-state index is 8.39. The first-order valence-corrected chi connectivity index (χ1v) is 4.34. The van der Waals surface area contributed by atoms with E-state index in [0.29, 0.717) is 0 Å². The Bertz CT molecular complexity index is 114. The molecule has 0 unspecified atom stereocenters. The molecule has 1 heteroatoms. The molecule has 64 valence electrons. The summed E-state index contributed by atoms with van der Waals surface area (Å²) in [5.41, 5.74) is 0. The molecule has 1 nitrogen and oxygen atoms in total. The van der Waals surface area contributed by atoms with Gasteiger partial charge >= 0.3 is 0 Å². The first kappa shape index (κ1) is 10.4. The maximum Gasteiger partial charge on any atom is 0.0615 e. The van der Waals surface area contributed by atoms with Crippen molar-refractivity contribution in [2.75, 3.05) is 6.61 Å². The fraction of sp³-hybridized carbons (Fsp3) is 0.600. The summed E-state index contributed by atoms with van der Waals surface area (Å²) in [4.78, 5) is 0. The molecule has 0 amide bonds. The minimum atomic E-state index is 0.138. The van der Waals surface area contributed by atoms with E-state index in [9.17, 15) is 0 Å². The number of aliphatic hydroxyl groups is 1. The van der Waals surface area contributed by atoms with Crippen molar-refractivity contribution in [3.05, 3.63) is 24.3 Å². The lowest BCUT2D eigenvalue weighted by Crippen LogP contribution is -1.70. The second kappa shape index (κ2) is 9.44. The summed E-state index contributed by atoms with van der Waals surface area (Å²) in [5.74, 6) is 0. The Morgan fingerprint density at radius 2 is 1.82 bits per heavy atom. The predicted molar refractivity (Wildman–Crippen MR) is 49.5 cm³/mol. The summed E-state index contributed by atoms with van der Waals surface area (Å²) in [6, 6.07) is 0. The first-order valence-electron chi connectivity index (χ1n) is 4.34. The molecule has 11 heavy (non-hydrogen) atoms. The van der Waals surface area contributed by atoms with Gasteiger partial charge in [-0.05, 0) is 12.8 Å². The van der Waals surface area contributed by atoms with Crippen molar-refractivity contribution in [1.82, 2.24) is 0 Å². The monoisotopic (exact) mass is 154 g/mol. The zero-order valence-electron chi connectivity index (χ0n) is 7.29. The van der Waals surface area contributed by atoms with E-state index in [1.807, 2.05) is 12.2 Å². The van der Waals surface area contributed by atoms with Crippen LogP contribution in [0.4, 0.5) is 0 Å². The van der Waals surface area contributed by atoms with E-state index in [4.69, 9.17) is 5.11 Å². The highest BCUT2D eigenvalue weighted by Gasteiger charge is 1.79. The molecule has 0 aromatic rings. The van der Waals surface area contributed by atoms with Crippen LogP contribution in [0, 0.1) is 0 Å². The van der Waals surface area contributed by atoms with Crippen LogP contribution in [0.15, 0.2) is 24.3 Å². The van der Waals surface area contributed by atoms with Crippen molar-refractivity contribution in [3.8, 4) is 0 Å². The van der Waals surface area contributed by atoms with E-state index >= 15 is 0 Å². The van der Waals surface area contributed by atoms with Crippen LogP contribution in [-0.2, 0) is 0 Å². The molecule has 0 bridgehead atoms. The number of allylic oxidation sites excluding steroid dienone is 3. The largest absolute Gasteiger partial charge is 0.392 e. The topological polar surface area (TPSA) is 20.2 Å². The predicted octanol–water partition coefficient (Wildman–Crippen LogP) is 2.67. The molecule has 0 aliphatic rings. The van der Waals surface area contributed by atoms with Crippen molar-refractivity contribution >= 4 is 0 Å². The van der Waals surface area contributed by atoms with Crippen molar-refractivity contribution in [2.24, 2.45) is 0 Å². The Balaban J connectivity index is 3.09. The quantitative estimate of drug-likeness (QED) is 0.460. The lowest BCUT2D eigenvalue weighted by Gasteiger charge is -1.89. The Morgan fingerprint density at radius 3 is 2.45 bits per heavy atom. The van der Waals surface area contributed by atoms with Crippen LogP contribution in [0.5, 0.6) is 0 Å². The molecule has 0 rings (SSSR count). The highest BCUT2D eigenvalue weighted by Crippen LogP contribution is 1.99. The standard InChI is InChI=1S/C10H18O/c1-2-3-4-5-6-7-8-9-10-11/h6-9,11H,2-5,10H2,1H3. The molecule has 0 radical (unpaired) electrons. The van der Waals surface area contributed by atoms with E-state index in [1.54, 1.807) is 6.08 Å². The van der Waals surface area contributed by atoms with Gasteiger partial charge in [0.1, 0.15) is 0 Å². The van der Waals surface area contributed by atoms with Gasteiger partial charge in [-0.25, -0.2) is 0 Å². The summed E-state index contributed by atoms with van der Waals surface area (Å²) < 4.78 is 0. The molecule has 0 spiro atoms. The van der Waals surface area contributed by atoms with Gasteiger partial charge in [-0.15, -0.1) is 0 Å². The van der Waals surface area contributed by atoms with Crippen LogP contribution in [-0.4, -0.2) is 11.7 Å². The molecule has 0 aromatic heterocycles. The normalized spacial score (nSPS) is 11.8. The molecule has 1 N–H and O–H groups in total. The fourth-order valence-corrected chi connectivity index (χ4v) is 0.826. The molecule has 0 fully saturated rings. The van der Waals surface area contributed by atoms with Gasteiger partial charge in [-0.3, -0.25) is 0 Å². The SMILES string of the molecule is CCCCCC=CC=CCO. The van der Waals surface area contributed by atoms with E-state index in [1.165, 1.54) is 19.3 Å². The number of rotatable bonds is 6. The lowest BCUT2D eigenvalue weighted by atomic mass is 10.2. The molecule has 0 heterocycles. The van der Waals surface area contributed by atoms with Crippen molar-refractivity contribution in [3.63, 3.8) is 0 Å². The molecule has 0 saturated heterocycles. The van der Waals surface area contributed by atoms with Crippen molar-refractivity contribution in [2.45, 2.75) is 32.6 Å². The summed E-state index contributed by atoms with van der Waals surface area (Å²) in [6.07, 6.45) is 12.8. The molecule has 0 saturated carbocycles. The highest BCUT2D eigenvalue weighted by molar-refractivity contribution is 5.02. The van der Waals surface area contributed by atoms with Crippen LogP contribution in [0.1, 0.15) is 32.6 Å². The Labute approximate surface area is 69.4 Å². The fourth-order valence-electron chi connectivity index (χ4n) is 0.826. The van der Waals surface area contributed by atoms with E-state index in [-0.39, 0.29) is 6.61 Å². The summed E-state index contributed by atoms with van der Waals surface area (Å²) in [6.45, 7) is 2.34. The van der Waals surface area contributed by atoms with Gasteiger partial charge in [-0.2, -0.15) is 0 Å². The number of aliphatic hydroxyl groups excluding tert-OH is 1. The summed E-state index contributed by atoms with van der Waals surface area (Å²) in [7, 11) is 0. The summed E-state index contributed by atoms with van der Waals surface area (Å²) >= 11 is 0. The zero-order chi connectivity index (χ0) is 8.36. The van der Waals surface area contributed by atoms with Crippen LogP contribution >= 0.6 is 0 Å². The van der Waals surface area contributed by atoms with E-state index in [0.717, 1.165) is 6.42 Å². The minimum Gasteiger partial charge on any atom is -0.392 e. The zero-order valence-corrected chi connectivity index (χ0v) is 7.29. The smallest absolute Gasteiger partial charge is 0.0615 e. The van der Waals surface area contributed by atoms with E-state index in [2.05, 4.69) is 13.0 Å². The van der Waals surface area contributed by atoms with Gasteiger partial charge in [-0.1, -0.05) is 44.1 Å². The van der Waals surface area contributed by atoms with Crippen LogP contribution in [0.3, 0.4) is 0 Å². The average molecular weight is 154 g/mol. The maximum absolute atomic E-state index is 8.39. The molecule has 0 aliphatic heterocycles. The number of hydrogen-bond acceptors (Lipinski definition) is 1. The first-order chi connectivity index (χ1) is 5.41. The highest BCUT2D eigenvalue weighted by atomic mass is 16.2. The van der Waals surface area contributed by atoms with Gasteiger partial charge in [0.05, 0.1) is 6.61 Å². The van der Waals surface area contributed by atoms with Gasteiger partial charge in [0.15, 0.2) is 0 Å². The molecular formula is C10H18O. The Morgan fingerprint density at radius 1 is 1.09 bits per heavy atom. The average Bonchev–Trinajstić information content (AvgIpc) is 2.03. The second-order valence-corrected chi connectivity index (χ2v) is 2.53. The lowest BCUT2D eigenvalue weighted by molar-refractivity contribution is 0.343. The Hall–Kier alpha value is -0.560. The molecule has 0 aromatic carbocycles. The van der Waals surface area contributed by atoms with Crippen molar-refractivity contribution in [1.29, 1.82) is 0 Å². The Kier molecular flexibility index (Phi) is 8.96. The molecule has 0 aliphatic carbocycles. The third-order valence-electron chi connectivity index (χ3n) is 1.46. The van der Waals surface area contributed by atoms with Crippen LogP contribution in [0.25, 0.3) is 0 Å². The molecule has 0 atom stereocenters. The number of unbranched alkanes of at least 4 members (excludes halogenated alkanes) is 3. The van der Waals surface area contributed by atoms with Crippen LogP contribution in [0.2, 0.25) is 0 Å². The third kappa shape index (κ3) is 9.44. The van der Waals surface area contributed by atoms with Crippen LogP contribution < -0.4 is 0 Å². The summed E-state index contributed by atoms with van der Waals surface area (Å²) in [5, 5.41) is 8.39. The van der Waals surface area contributed by atoms with E-state index < -0.39 is 0 Å². The van der Waals surface area contributed by atoms with Gasteiger partial charge in [0.25, 0.3) is 0 Å². The molecular weight excluding hydrogens is 136 g/mol. The van der Waals surface area contributed by atoms with Crippen molar-refractivity contribution < 1.29 is 5.11 Å². The second-order valence-electron chi connectivity index (χ2n) is 2.53. The van der Waals surface area contributed by atoms with Gasteiger partial charge in [0.2, 0.25) is 0 Å².